The zero-order valence-corrected chi connectivity index (χ0v) is 14.4. The quantitative estimate of drug-likeness (QED) is 0.778. The fourth-order valence-corrected chi connectivity index (χ4v) is 3.40. The molecular formula is C20H22N4O2. The van der Waals surface area contributed by atoms with E-state index in [1.165, 1.54) is 0 Å². The molecular weight excluding hydrogens is 328 g/mol. The number of rotatable bonds is 4. The number of amides is 3. The minimum absolute atomic E-state index is 0.0154. The molecule has 1 fully saturated rings. The van der Waals surface area contributed by atoms with Gasteiger partial charge in [0, 0.05) is 37.1 Å². The van der Waals surface area contributed by atoms with Crippen molar-refractivity contribution in [3.05, 3.63) is 71.7 Å². The first kappa shape index (κ1) is 16.4. The third kappa shape index (κ3) is 3.49. The van der Waals surface area contributed by atoms with Crippen molar-refractivity contribution in [2.24, 2.45) is 5.92 Å². The van der Waals surface area contributed by atoms with Crippen molar-refractivity contribution in [2.75, 3.05) is 6.54 Å². The number of carbonyl (C=O) groups is 2. The van der Waals surface area contributed by atoms with E-state index in [0.29, 0.717) is 25.9 Å². The Morgan fingerprint density at radius 3 is 2.77 bits per heavy atom. The first-order valence-corrected chi connectivity index (χ1v) is 8.91. The Morgan fingerprint density at radius 2 is 2.00 bits per heavy atom. The summed E-state index contributed by atoms with van der Waals surface area (Å²) < 4.78 is 0. The van der Waals surface area contributed by atoms with Crippen LogP contribution in [0.2, 0.25) is 0 Å². The monoisotopic (exact) mass is 350 g/mol. The second-order valence-corrected chi connectivity index (χ2v) is 6.90. The first-order chi connectivity index (χ1) is 12.7. The van der Waals surface area contributed by atoms with Crippen LogP contribution in [0.25, 0.3) is 0 Å². The number of hydrogen-bond donors (Lipinski definition) is 3. The van der Waals surface area contributed by atoms with Gasteiger partial charge in [-0.3, -0.25) is 9.69 Å². The maximum Gasteiger partial charge on any atom is 0.321 e. The molecule has 0 spiro atoms. The molecule has 3 N–H and O–H groups in total. The van der Waals surface area contributed by atoms with E-state index in [1.54, 1.807) is 4.90 Å². The van der Waals surface area contributed by atoms with Crippen LogP contribution in [0.5, 0.6) is 0 Å². The smallest absolute Gasteiger partial charge is 0.321 e. The van der Waals surface area contributed by atoms with Gasteiger partial charge >= 0.3 is 6.03 Å². The van der Waals surface area contributed by atoms with E-state index in [2.05, 4.69) is 16.0 Å². The van der Waals surface area contributed by atoms with Gasteiger partial charge in [0.05, 0.1) is 6.54 Å². The molecule has 2 aliphatic heterocycles. The molecule has 0 unspecified atom stereocenters. The highest BCUT2D eigenvalue weighted by Gasteiger charge is 2.36. The predicted octanol–water partition coefficient (Wildman–Crippen LogP) is 1.99. The lowest BCUT2D eigenvalue weighted by molar-refractivity contribution is -0.128. The number of dihydropyridines is 1. The highest BCUT2D eigenvalue weighted by atomic mass is 16.2. The minimum Gasteiger partial charge on any atom is -0.367 e. The lowest BCUT2D eigenvalue weighted by Gasteiger charge is -2.35. The average molecular weight is 350 g/mol. The van der Waals surface area contributed by atoms with Crippen LogP contribution < -0.4 is 16.0 Å². The lowest BCUT2D eigenvalue weighted by Crippen LogP contribution is -2.51. The molecule has 26 heavy (non-hydrogen) atoms. The summed E-state index contributed by atoms with van der Waals surface area (Å²) >= 11 is 0. The molecule has 2 heterocycles. The molecule has 0 saturated heterocycles. The van der Waals surface area contributed by atoms with E-state index >= 15 is 0 Å². The summed E-state index contributed by atoms with van der Waals surface area (Å²) in [6.07, 6.45) is 8.97. The number of carbonyl (C=O) groups excluding carboxylic acids is 2. The summed E-state index contributed by atoms with van der Waals surface area (Å²) in [5, 5.41) is 9.02. The van der Waals surface area contributed by atoms with Gasteiger partial charge in [0.15, 0.2) is 0 Å². The summed E-state index contributed by atoms with van der Waals surface area (Å²) in [6, 6.07) is 9.83. The molecule has 6 heteroatoms. The number of nitrogens with zero attached hydrogens (tertiary/aromatic N) is 1. The fourth-order valence-electron chi connectivity index (χ4n) is 3.40. The van der Waals surface area contributed by atoms with Crippen molar-refractivity contribution < 1.29 is 9.59 Å². The van der Waals surface area contributed by atoms with Gasteiger partial charge in [-0.05, 0) is 35.6 Å². The molecule has 0 aromatic heterocycles. The molecule has 4 rings (SSSR count). The third-order valence-electron chi connectivity index (χ3n) is 5.03. The summed E-state index contributed by atoms with van der Waals surface area (Å²) in [4.78, 5) is 26.3. The Bertz CT molecular complexity index is 791. The summed E-state index contributed by atoms with van der Waals surface area (Å²) in [7, 11) is 0. The Hall–Kier alpha value is -3.02. The molecule has 6 nitrogen and oxygen atoms in total. The zero-order chi connectivity index (χ0) is 17.9. The Morgan fingerprint density at radius 1 is 1.19 bits per heavy atom. The SMILES string of the molecule is O=C(N[C@H]1C[C@H](C(=O)NCc2ccccc2)C1)N1C=C2C=CNC=C2C1. The van der Waals surface area contributed by atoms with Crippen molar-refractivity contribution >= 4 is 11.9 Å². The highest BCUT2D eigenvalue weighted by Crippen LogP contribution is 2.29. The number of urea groups is 1. The molecule has 1 aliphatic carbocycles. The molecule has 0 atom stereocenters. The normalized spacial score (nSPS) is 23.2. The highest BCUT2D eigenvalue weighted by molar-refractivity contribution is 5.81. The number of allylic oxidation sites excluding steroid dienone is 1. The minimum atomic E-state index is -0.102. The van der Waals surface area contributed by atoms with E-state index in [4.69, 9.17) is 0 Å². The van der Waals surface area contributed by atoms with Crippen LogP contribution in [0, 0.1) is 5.92 Å². The average Bonchev–Trinajstić information content (AvgIpc) is 3.07. The van der Waals surface area contributed by atoms with Crippen LogP contribution in [0.3, 0.4) is 0 Å². The van der Waals surface area contributed by atoms with Crippen LogP contribution >= 0.6 is 0 Å². The van der Waals surface area contributed by atoms with E-state index < -0.39 is 0 Å². The van der Waals surface area contributed by atoms with Crippen molar-refractivity contribution in [3.63, 3.8) is 0 Å². The number of benzene rings is 1. The van der Waals surface area contributed by atoms with Crippen molar-refractivity contribution in [1.29, 1.82) is 0 Å². The molecule has 1 saturated carbocycles. The summed E-state index contributed by atoms with van der Waals surface area (Å²) in [5.74, 6) is 0.0494. The number of fused-ring (bicyclic) bond motifs is 1. The molecule has 1 aromatic rings. The molecule has 1 aromatic carbocycles. The van der Waals surface area contributed by atoms with E-state index in [1.807, 2.05) is 55.0 Å². The van der Waals surface area contributed by atoms with Gasteiger partial charge in [-0.25, -0.2) is 4.79 Å². The third-order valence-corrected chi connectivity index (χ3v) is 5.03. The first-order valence-electron chi connectivity index (χ1n) is 8.91. The lowest BCUT2D eigenvalue weighted by atomic mass is 9.79. The predicted molar refractivity (Wildman–Crippen MR) is 98.5 cm³/mol. The van der Waals surface area contributed by atoms with Gasteiger partial charge in [-0.15, -0.1) is 0 Å². The van der Waals surface area contributed by atoms with Gasteiger partial charge in [-0.1, -0.05) is 30.3 Å². The summed E-state index contributed by atoms with van der Waals surface area (Å²) in [6.45, 7) is 1.12. The number of hydrogen-bond acceptors (Lipinski definition) is 3. The van der Waals surface area contributed by atoms with Crippen LogP contribution in [0.1, 0.15) is 18.4 Å². The maximum absolute atomic E-state index is 12.4. The van der Waals surface area contributed by atoms with Crippen LogP contribution in [-0.2, 0) is 11.3 Å². The molecule has 3 amide bonds. The molecule has 3 aliphatic rings. The maximum atomic E-state index is 12.4. The molecule has 134 valence electrons. The van der Waals surface area contributed by atoms with E-state index in [-0.39, 0.29) is 23.9 Å². The largest absolute Gasteiger partial charge is 0.367 e. The second-order valence-electron chi connectivity index (χ2n) is 6.90. The number of nitrogens with one attached hydrogen (secondary N) is 3. The van der Waals surface area contributed by atoms with Crippen LogP contribution in [0.4, 0.5) is 4.79 Å². The Labute approximate surface area is 152 Å². The molecule has 0 bridgehead atoms. The van der Waals surface area contributed by atoms with Crippen LogP contribution in [-0.4, -0.2) is 29.4 Å². The standard InChI is InChI=1S/C20H22N4O2/c25-19(22-10-14-4-2-1-3-5-14)16-8-18(9-16)23-20(26)24-12-15-6-7-21-11-17(15)13-24/h1-7,11-12,16,18,21H,8-10,13H2,(H,22,25)(H,23,26)/t16-,18-. The van der Waals surface area contributed by atoms with Gasteiger partial charge in [0.25, 0.3) is 0 Å². The van der Waals surface area contributed by atoms with Gasteiger partial charge in [0.1, 0.15) is 0 Å². The Balaban J connectivity index is 1.20. The van der Waals surface area contributed by atoms with Crippen molar-refractivity contribution in [2.45, 2.75) is 25.4 Å². The van der Waals surface area contributed by atoms with Gasteiger partial charge in [0.2, 0.25) is 5.91 Å². The zero-order valence-electron chi connectivity index (χ0n) is 14.4. The fraction of sp³-hybridized carbons (Fsp3) is 0.300. The van der Waals surface area contributed by atoms with Crippen LogP contribution in [0.15, 0.2) is 66.2 Å². The second kappa shape index (κ2) is 7.07. The summed E-state index contributed by atoms with van der Waals surface area (Å²) in [5.41, 5.74) is 3.26. The Kier molecular flexibility index (Phi) is 4.48. The van der Waals surface area contributed by atoms with E-state index in [0.717, 1.165) is 16.7 Å². The van der Waals surface area contributed by atoms with Crippen molar-refractivity contribution in [1.82, 2.24) is 20.9 Å². The van der Waals surface area contributed by atoms with E-state index in [9.17, 15) is 9.59 Å². The molecule has 0 radical (unpaired) electrons. The topological polar surface area (TPSA) is 73.5 Å². The van der Waals surface area contributed by atoms with Gasteiger partial charge < -0.3 is 16.0 Å². The van der Waals surface area contributed by atoms with Crippen molar-refractivity contribution in [3.8, 4) is 0 Å². The van der Waals surface area contributed by atoms with Gasteiger partial charge in [-0.2, -0.15) is 0 Å².